The molecular weight excluding hydrogens is 432 g/mol. The Morgan fingerprint density at radius 3 is 2.79 bits per heavy atom. The molecule has 0 saturated heterocycles. The number of aryl methyl sites for hydroxylation is 1. The third kappa shape index (κ3) is 4.31. The standard InChI is InChI=1S/C26H26N4O4/c1-3-25(32)29-17-10-18(11-17)34-24-12-20-21(13-23(24)33-2)27-14-28-26(20)30-16-7-8-19-15(9-16)5-4-6-22(19)31/h3,7-9,12-14,17-18H,1,4-6,10-11H2,2H3,(H,29,32)(H,27,28,30). The van der Waals surface area contributed by atoms with Gasteiger partial charge in [-0.3, -0.25) is 9.59 Å². The largest absolute Gasteiger partial charge is 0.493 e. The zero-order valence-electron chi connectivity index (χ0n) is 19.0. The Hall–Kier alpha value is -3.94. The van der Waals surface area contributed by atoms with Crippen molar-refractivity contribution in [2.75, 3.05) is 12.4 Å². The summed E-state index contributed by atoms with van der Waals surface area (Å²) in [4.78, 5) is 32.5. The summed E-state index contributed by atoms with van der Waals surface area (Å²) in [5, 5.41) is 7.05. The third-order valence-corrected chi connectivity index (χ3v) is 6.36. The van der Waals surface area contributed by atoms with Crippen LogP contribution in [0, 0.1) is 0 Å². The second-order valence-electron chi connectivity index (χ2n) is 8.64. The second kappa shape index (κ2) is 9.13. The van der Waals surface area contributed by atoms with E-state index in [1.54, 1.807) is 7.11 Å². The molecule has 1 amide bonds. The van der Waals surface area contributed by atoms with Gasteiger partial charge in [0.05, 0.1) is 12.6 Å². The summed E-state index contributed by atoms with van der Waals surface area (Å²) in [5.41, 5.74) is 3.47. The lowest BCUT2D eigenvalue weighted by Gasteiger charge is -2.35. The summed E-state index contributed by atoms with van der Waals surface area (Å²) in [5.74, 6) is 1.86. The number of amides is 1. The van der Waals surface area contributed by atoms with Gasteiger partial charge in [0.1, 0.15) is 18.2 Å². The highest BCUT2D eigenvalue weighted by Crippen LogP contribution is 2.38. The Labute approximate surface area is 197 Å². The van der Waals surface area contributed by atoms with Crippen molar-refractivity contribution in [3.8, 4) is 11.5 Å². The van der Waals surface area contributed by atoms with E-state index < -0.39 is 0 Å². The number of ether oxygens (including phenoxy) is 2. The topological polar surface area (TPSA) is 102 Å². The Morgan fingerprint density at radius 1 is 1.15 bits per heavy atom. The van der Waals surface area contributed by atoms with Crippen molar-refractivity contribution in [3.05, 3.63) is 60.4 Å². The molecule has 8 heteroatoms. The molecule has 0 spiro atoms. The molecule has 0 radical (unpaired) electrons. The van der Waals surface area contributed by atoms with E-state index in [9.17, 15) is 9.59 Å². The van der Waals surface area contributed by atoms with E-state index in [1.807, 2.05) is 30.3 Å². The van der Waals surface area contributed by atoms with Crippen LogP contribution in [0.5, 0.6) is 11.5 Å². The van der Waals surface area contributed by atoms with Crippen molar-refractivity contribution >= 4 is 34.1 Å². The summed E-state index contributed by atoms with van der Waals surface area (Å²) >= 11 is 0. The van der Waals surface area contributed by atoms with Gasteiger partial charge < -0.3 is 20.1 Å². The van der Waals surface area contributed by atoms with E-state index in [0.29, 0.717) is 36.6 Å². The number of hydrogen-bond donors (Lipinski definition) is 2. The normalized spacial score (nSPS) is 19.0. The quantitative estimate of drug-likeness (QED) is 0.514. The van der Waals surface area contributed by atoms with E-state index in [1.165, 1.54) is 12.4 Å². The van der Waals surface area contributed by atoms with Crippen molar-refractivity contribution in [2.45, 2.75) is 44.2 Å². The number of Topliss-reactive ketones (excluding diaryl/α,β-unsaturated/α-hetero) is 1. The molecule has 1 heterocycles. The molecule has 2 aliphatic rings. The fraction of sp³-hybridized carbons (Fsp3) is 0.308. The molecule has 2 N–H and O–H groups in total. The highest BCUT2D eigenvalue weighted by molar-refractivity contribution is 5.99. The van der Waals surface area contributed by atoms with Crippen LogP contribution in [0.2, 0.25) is 0 Å². The molecule has 0 aliphatic heterocycles. The molecule has 174 valence electrons. The average molecular weight is 459 g/mol. The molecule has 0 bridgehead atoms. The first-order chi connectivity index (χ1) is 16.5. The van der Waals surface area contributed by atoms with Crippen molar-refractivity contribution < 1.29 is 19.1 Å². The van der Waals surface area contributed by atoms with E-state index in [4.69, 9.17) is 9.47 Å². The van der Waals surface area contributed by atoms with Crippen molar-refractivity contribution in [3.63, 3.8) is 0 Å². The number of aromatic nitrogens is 2. The number of nitrogens with one attached hydrogen (secondary N) is 2. The Kier molecular flexibility index (Phi) is 5.88. The van der Waals surface area contributed by atoms with Gasteiger partial charge in [-0.05, 0) is 48.7 Å². The fourth-order valence-electron chi connectivity index (χ4n) is 4.50. The van der Waals surface area contributed by atoms with Crippen LogP contribution in [0.1, 0.15) is 41.6 Å². The summed E-state index contributed by atoms with van der Waals surface area (Å²) in [6.07, 6.45) is 6.57. The SMILES string of the molecule is C=CC(=O)NC1CC(Oc2cc3c(Nc4ccc5c(c4)CCCC5=O)ncnc3cc2OC)C1. The van der Waals surface area contributed by atoms with E-state index in [0.717, 1.165) is 40.6 Å². The van der Waals surface area contributed by atoms with Crippen LogP contribution in [0.15, 0.2) is 49.3 Å². The molecule has 0 atom stereocenters. The zero-order chi connectivity index (χ0) is 23.7. The molecule has 1 saturated carbocycles. The predicted molar refractivity (Wildman–Crippen MR) is 129 cm³/mol. The van der Waals surface area contributed by atoms with Crippen LogP contribution < -0.4 is 20.1 Å². The van der Waals surface area contributed by atoms with Gasteiger partial charge in [-0.1, -0.05) is 6.58 Å². The number of carbonyl (C=O) groups is 2. The van der Waals surface area contributed by atoms with Gasteiger partial charge in [-0.2, -0.15) is 0 Å². The zero-order valence-corrected chi connectivity index (χ0v) is 19.0. The average Bonchev–Trinajstić information content (AvgIpc) is 2.82. The summed E-state index contributed by atoms with van der Waals surface area (Å²) < 4.78 is 11.7. The summed E-state index contributed by atoms with van der Waals surface area (Å²) in [7, 11) is 1.59. The Morgan fingerprint density at radius 2 is 2.00 bits per heavy atom. The number of anilines is 2. The minimum absolute atomic E-state index is 0.0271. The fourth-order valence-corrected chi connectivity index (χ4v) is 4.50. The Balaban J connectivity index is 1.39. The maximum Gasteiger partial charge on any atom is 0.243 e. The maximum absolute atomic E-state index is 12.1. The third-order valence-electron chi connectivity index (χ3n) is 6.36. The van der Waals surface area contributed by atoms with Gasteiger partial charge in [0.2, 0.25) is 5.91 Å². The molecule has 1 aromatic heterocycles. The van der Waals surface area contributed by atoms with Gasteiger partial charge in [0, 0.05) is 48.0 Å². The first kappa shape index (κ1) is 21.9. The maximum atomic E-state index is 12.1. The van der Waals surface area contributed by atoms with Crippen LogP contribution in [0.4, 0.5) is 11.5 Å². The molecule has 34 heavy (non-hydrogen) atoms. The highest BCUT2D eigenvalue weighted by Gasteiger charge is 2.32. The smallest absolute Gasteiger partial charge is 0.243 e. The number of carbonyl (C=O) groups excluding carboxylic acids is 2. The minimum Gasteiger partial charge on any atom is -0.493 e. The first-order valence-electron chi connectivity index (χ1n) is 11.4. The van der Waals surface area contributed by atoms with E-state index in [-0.39, 0.29) is 23.8 Å². The minimum atomic E-state index is -0.175. The highest BCUT2D eigenvalue weighted by atomic mass is 16.5. The number of nitrogens with zero attached hydrogens (tertiary/aromatic N) is 2. The number of ketones is 1. The summed E-state index contributed by atoms with van der Waals surface area (Å²) in [6.45, 7) is 3.48. The molecular formula is C26H26N4O4. The molecule has 2 aromatic carbocycles. The predicted octanol–water partition coefficient (Wildman–Crippen LogP) is 4.11. The number of methoxy groups -OCH3 is 1. The van der Waals surface area contributed by atoms with Gasteiger partial charge >= 0.3 is 0 Å². The second-order valence-corrected chi connectivity index (χ2v) is 8.64. The molecule has 3 aromatic rings. The van der Waals surface area contributed by atoms with Crippen LogP contribution >= 0.6 is 0 Å². The van der Waals surface area contributed by atoms with Crippen molar-refractivity contribution in [1.29, 1.82) is 0 Å². The Bertz CT molecular complexity index is 1280. The first-order valence-corrected chi connectivity index (χ1v) is 11.4. The number of benzene rings is 2. The van der Waals surface area contributed by atoms with Crippen LogP contribution in [-0.4, -0.2) is 40.9 Å². The van der Waals surface area contributed by atoms with Gasteiger partial charge in [0.15, 0.2) is 17.3 Å². The lowest BCUT2D eigenvalue weighted by Crippen LogP contribution is -2.48. The summed E-state index contributed by atoms with van der Waals surface area (Å²) in [6, 6.07) is 9.61. The van der Waals surface area contributed by atoms with Gasteiger partial charge in [-0.15, -0.1) is 0 Å². The van der Waals surface area contributed by atoms with Crippen molar-refractivity contribution in [1.82, 2.24) is 15.3 Å². The lowest BCUT2D eigenvalue weighted by molar-refractivity contribution is -0.118. The molecule has 0 unspecified atom stereocenters. The lowest BCUT2D eigenvalue weighted by atomic mass is 9.89. The van der Waals surface area contributed by atoms with E-state index >= 15 is 0 Å². The monoisotopic (exact) mass is 458 g/mol. The molecule has 1 fully saturated rings. The van der Waals surface area contributed by atoms with Gasteiger partial charge in [-0.25, -0.2) is 9.97 Å². The molecule has 8 nitrogen and oxygen atoms in total. The number of hydrogen-bond acceptors (Lipinski definition) is 7. The van der Waals surface area contributed by atoms with Crippen molar-refractivity contribution in [2.24, 2.45) is 0 Å². The van der Waals surface area contributed by atoms with Crippen LogP contribution in [-0.2, 0) is 11.2 Å². The van der Waals surface area contributed by atoms with E-state index in [2.05, 4.69) is 27.2 Å². The molecule has 5 rings (SSSR count). The van der Waals surface area contributed by atoms with Crippen LogP contribution in [0.3, 0.4) is 0 Å². The number of rotatable bonds is 7. The number of fused-ring (bicyclic) bond motifs is 2. The molecule has 2 aliphatic carbocycles. The van der Waals surface area contributed by atoms with Gasteiger partial charge in [0.25, 0.3) is 0 Å². The van der Waals surface area contributed by atoms with Crippen LogP contribution in [0.25, 0.3) is 10.9 Å².